The number of amides is 1. The van der Waals surface area contributed by atoms with E-state index >= 15 is 0 Å². The number of alkyl halides is 3. The molecule has 1 saturated heterocycles. The fourth-order valence-corrected chi connectivity index (χ4v) is 9.02. The number of hydrogen-bond acceptors (Lipinski definition) is 6. The van der Waals surface area contributed by atoms with E-state index in [2.05, 4.69) is 15.3 Å². The molecule has 9 rings (SSSR count). The average Bonchev–Trinajstić information content (AvgIpc) is 3.57. The summed E-state index contributed by atoms with van der Waals surface area (Å²) < 4.78 is 54.4. The van der Waals surface area contributed by atoms with Crippen molar-refractivity contribution >= 4 is 11.7 Å². The molecule has 0 radical (unpaired) electrons. The van der Waals surface area contributed by atoms with Gasteiger partial charge in [-0.2, -0.15) is 18.3 Å². The number of benzene rings is 1. The fourth-order valence-electron chi connectivity index (χ4n) is 9.02. The van der Waals surface area contributed by atoms with Crippen molar-refractivity contribution in [3.05, 3.63) is 35.5 Å². The van der Waals surface area contributed by atoms with Crippen molar-refractivity contribution in [1.29, 1.82) is 0 Å². The topological polar surface area (TPSA) is 71.9 Å². The summed E-state index contributed by atoms with van der Waals surface area (Å²) in [6.07, 6.45) is 3.29. The number of nitrogens with zero attached hydrogens (tertiary/aromatic N) is 4. The molecule has 2 atom stereocenters. The summed E-state index contributed by atoms with van der Waals surface area (Å²) in [5.41, 5.74) is 1.02. The maximum Gasteiger partial charge on any atom is 0.410 e. The molecule has 7 aliphatic rings. The van der Waals surface area contributed by atoms with Crippen molar-refractivity contribution < 1.29 is 27.4 Å². The number of aromatic nitrogens is 2. The van der Waals surface area contributed by atoms with E-state index in [9.17, 15) is 18.0 Å². The molecule has 8 nitrogen and oxygen atoms in total. The van der Waals surface area contributed by atoms with Crippen molar-refractivity contribution in [2.75, 3.05) is 38.3 Å². The minimum atomic E-state index is -4.51. The van der Waals surface area contributed by atoms with Gasteiger partial charge in [0, 0.05) is 44.2 Å². The number of rotatable bonds is 3. The van der Waals surface area contributed by atoms with E-state index in [1.165, 1.54) is 44.6 Å². The molecule has 11 heteroatoms. The van der Waals surface area contributed by atoms with E-state index in [-0.39, 0.29) is 30.6 Å². The number of fused-ring (bicyclic) bond motifs is 2. The van der Waals surface area contributed by atoms with Gasteiger partial charge < -0.3 is 19.7 Å². The zero-order valence-corrected chi connectivity index (χ0v) is 22.3. The second-order valence-electron chi connectivity index (χ2n) is 12.9. The molecule has 1 N–H and O–H groups in total. The minimum Gasteiger partial charge on any atom is -0.454 e. The minimum absolute atomic E-state index is 0.0614. The summed E-state index contributed by atoms with van der Waals surface area (Å²) in [6, 6.07) is 4.21. The van der Waals surface area contributed by atoms with Crippen molar-refractivity contribution in [3.8, 4) is 11.5 Å². The number of hydrogen-bond donors (Lipinski definition) is 1. The van der Waals surface area contributed by atoms with Gasteiger partial charge in [-0.25, -0.2) is 4.68 Å². The molecule has 4 aliphatic carbocycles. The van der Waals surface area contributed by atoms with Gasteiger partial charge in [-0.15, -0.1) is 0 Å². The van der Waals surface area contributed by atoms with Gasteiger partial charge in [0.25, 0.3) is 5.91 Å². The average molecular weight is 558 g/mol. The van der Waals surface area contributed by atoms with Crippen LogP contribution in [0.1, 0.15) is 73.1 Å². The number of ether oxygens (including phenoxy) is 2. The van der Waals surface area contributed by atoms with E-state index in [0.717, 1.165) is 35.5 Å². The van der Waals surface area contributed by atoms with E-state index < -0.39 is 18.3 Å². The van der Waals surface area contributed by atoms with Gasteiger partial charge in [0.05, 0.1) is 6.04 Å². The molecular weight excluding hydrogens is 523 g/mol. The lowest BCUT2D eigenvalue weighted by atomic mass is 9.52. The molecular formula is C29H34F3N5O3. The van der Waals surface area contributed by atoms with Crippen LogP contribution in [-0.4, -0.2) is 70.2 Å². The van der Waals surface area contributed by atoms with Crippen LogP contribution in [0.2, 0.25) is 0 Å². The monoisotopic (exact) mass is 557 g/mol. The molecule has 40 heavy (non-hydrogen) atoms. The summed E-state index contributed by atoms with van der Waals surface area (Å²) in [5.74, 6) is 3.58. The Bertz CT molecular complexity index is 1300. The van der Waals surface area contributed by atoms with Gasteiger partial charge in [0.1, 0.15) is 5.82 Å². The maximum absolute atomic E-state index is 14.2. The highest BCUT2D eigenvalue weighted by molar-refractivity contribution is 5.93. The van der Waals surface area contributed by atoms with Gasteiger partial charge in [-0.05, 0) is 74.0 Å². The smallest absolute Gasteiger partial charge is 0.410 e. The van der Waals surface area contributed by atoms with Crippen LogP contribution in [0, 0.1) is 17.8 Å². The summed E-state index contributed by atoms with van der Waals surface area (Å²) in [5, 5.41) is 7.41. The quantitative estimate of drug-likeness (QED) is 0.573. The van der Waals surface area contributed by atoms with Crippen LogP contribution < -0.4 is 14.8 Å². The third-order valence-corrected chi connectivity index (χ3v) is 10.5. The summed E-state index contributed by atoms with van der Waals surface area (Å²) in [4.78, 5) is 17.9. The Kier molecular flexibility index (Phi) is 5.44. The van der Waals surface area contributed by atoms with Crippen molar-refractivity contribution in [1.82, 2.24) is 19.6 Å². The Balaban J connectivity index is 0.995. The van der Waals surface area contributed by atoms with Crippen LogP contribution in [0.4, 0.5) is 19.0 Å². The molecule has 2 aromatic rings. The second kappa shape index (κ2) is 8.77. The van der Waals surface area contributed by atoms with Gasteiger partial charge >= 0.3 is 6.18 Å². The number of nitrogens with one attached hydrogen (secondary N) is 1. The highest BCUT2D eigenvalue weighted by Gasteiger charge is 2.54. The maximum atomic E-state index is 14.2. The molecule has 4 bridgehead atoms. The van der Waals surface area contributed by atoms with Crippen LogP contribution in [-0.2, 0) is 0 Å². The van der Waals surface area contributed by atoms with Crippen LogP contribution in [0.3, 0.4) is 0 Å². The first-order valence-corrected chi connectivity index (χ1v) is 14.6. The molecule has 3 aliphatic heterocycles. The second-order valence-corrected chi connectivity index (χ2v) is 12.9. The SMILES string of the molecule is O=C(c1cc2n(n1)[C@H](C(F)(F)F)C[C@H](c1ccc3c(c1)OCO3)N2)N1CCN(C23CC4CC(CC(C4)C2)C3)CC1. The molecule has 1 aromatic carbocycles. The zero-order chi connectivity index (χ0) is 27.2. The molecule has 0 spiro atoms. The predicted octanol–water partition coefficient (Wildman–Crippen LogP) is 5.00. The van der Waals surface area contributed by atoms with E-state index in [0.29, 0.717) is 35.7 Å². The summed E-state index contributed by atoms with van der Waals surface area (Å²) >= 11 is 0. The Hall–Kier alpha value is -2.95. The molecule has 5 fully saturated rings. The first kappa shape index (κ1) is 24.8. The number of piperazine rings is 1. The number of carbonyl (C=O) groups excluding carboxylic acids is 1. The third kappa shape index (κ3) is 3.98. The number of carbonyl (C=O) groups is 1. The highest BCUT2D eigenvalue weighted by Crippen LogP contribution is 2.58. The fraction of sp³-hybridized carbons (Fsp3) is 0.655. The summed E-state index contributed by atoms with van der Waals surface area (Å²) in [6.45, 7) is 2.90. The van der Waals surface area contributed by atoms with Crippen molar-refractivity contribution in [2.24, 2.45) is 17.8 Å². The standard InChI is InChI=1S/C29H34F3N5O3/c30-29(31,32)25-11-21(20-1-2-23-24(10-20)40-16-39-23)33-26-12-22(34-37(25)26)27(38)35-3-5-36(6-4-35)28-13-17-7-18(14-28)9-19(8-17)15-28/h1-2,10,12,17-19,21,25,33H,3-9,11,13-16H2/t17?,18?,19?,21-,25+,28?/m1/s1. The predicted molar refractivity (Wildman–Crippen MR) is 139 cm³/mol. The van der Waals surface area contributed by atoms with Gasteiger partial charge in [-0.3, -0.25) is 9.69 Å². The Labute approximate surface area is 230 Å². The number of halogens is 3. The third-order valence-electron chi connectivity index (χ3n) is 10.5. The lowest BCUT2D eigenvalue weighted by molar-refractivity contribution is -0.173. The van der Waals surface area contributed by atoms with Crippen LogP contribution in [0.25, 0.3) is 0 Å². The normalized spacial score (nSPS) is 34.6. The van der Waals surface area contributed by atoms with Gasteiger partial charge in [0.2, 0.25) is 6.79 Å². The molecule has 1 amide bonds. The van der Waals surface area contributed by atoms with Crippen molar-refractivity contribution in [3.63, 3.8) is 0 Å². The lowest BCUT2D eigenvalue weighted by Gasteiger charge is -2.61. The summed E-state index contributed by atoms with van der Waals surface area (Å²) in [7, 11) is 0. The van der Waals surface area contributed by atoms with E-state index in [1.54, 1.807) is 23.1 Å². The zero-order valence-electron chi connectivity index (χ0n) is 22.3. The van der Waals surface area contributed by atoms with Crippen LogP contribution >= 0.6 is 0 Å². The lowest BCUT2D eigenvalue weighted by Crippen LogP contribution is -2.64. The van der Waals surface area contributed by atoms with Gasteiger partial charge in [0.15, 0.2) is 23.2 Å². The Morgan fingerprint density at radius 1 is 0.925 bits per heavy atom. The Morgan fingerprint density at radius 2 is 1.60 bits per heavy atom. The van der Waals surface area contributed by atoms with Crippen LogP contribution in [0.15, 0.2) is 24.3 Å². The number of anilines is 1. The van der Waals surface area contributed by atoms with Crippen LogP contribution in [0.5, 0.6) is 11.5 Å². The van der Waals surface area contributed by atoms with E-state index in [1.807, 2.05) is 0 Å². The van der Waals surface area contributed by atoms with E-state index in [4.69, 9.17) is 9.47 Å². The van der Waals surface area contributed by atoms with Crippen molar-refractivity contribution in [2.45, 2.75) is 68.7 Å². The largest absolute Gasteiger partial charge is 0.454 e. The Morgan fingerprint density at radius 3 is 2.27 bits per heavy atom. The van der Waals surface area contributed by atoms with Gasteiger partial charge in [-0.1, -0.05) is 6.07 Å². The first-order chi connectivity index (χ1) is 19.2. The molecule has 0 unspecified atom stereocenters. The first-order valence-electron chi connectivity index (χ1n) is 14.6. The molecule has 4 saturated carbocycles. The molecule has 1 aromatic heterocycles. The molecule has 4 heterocycles. The molecule has 214 valence electrons. The highest BCUT2D eigenvalue weighted by atomic mass is 19.4.